The molecule has 1 fully saturated rings. The lowest BCUT2D eigenvalue weighted by Gasteiger charge is -2.31. The van der Waals surface area contributed by atoms with Crippen molar-refractivity contribution in [2.45, 2.75) is 58.1 Å². The molecule has 4 heteroatoms. The molecule has 1 aliphatic rings. The SMILES string of the molecule is CC(C)c1ncn(C2CC(O)CCC2C)n1. The lowest BCUT2D eigenvalue weighted by Crippen LogP contribution is -2.29. The van der Waals surface area contributed by atoms with Gasteiger partial charge in [-0.05, 0) is 25.2 Å². The van der Waals surface area contributed by atoms with Gasteiger partial charge in [0.05, 0.1) is 12.1 Å². The van der Waals surface area contributed by atoms with Gasteiger partial charge in [0, 0.05) is 5.92 Å². The minimum atomic E-state index is -0.173. The summed E-state index contributed by atoms with van der Waals surface area (Å²) in [7, 11) is 0. The van der Waals surface area contributed by atoms with E-state index in [1.165, 1.54) is 0 Å². The molecule has 1 aliphatic carbocycles. The zero-order chi connectivity index (χ0) is 11.7. The molecule has 0 spiro atoms. The van der Waals surface area contributed by atoms with Crippen LogP contribution in [0.25, 0.3) is 0 Å². The number of rotatable bonds is 2. The van der Waals surface area contributed by atoms with Crippen LogP contribution in [0.3, 0.4) is 0 Å². The minimum absolute atomic E-state index is 0.173. The fourth-order valence-electron chi connectivity index (χ4n) is 2.36. The second-order valence-electron chi connectivity index (χ2n) is 5.25. The van der Waals surface area contributed by atoms with Crippen molar-refractivity contribution in [1.82, 2.24) is 14.8 Å². The van der Waals surface area contributed by atoms with Gasteiger partial charge in [0.15, 0.2) is 5.82 Å². The van der Waals surface area contributed by atoms with Gasteiger partial charge in [-0.3, -0.25) is 0 Å². The van der Waals surface area contributed by atoms with Crippen LogP contribution in [0, 0.1) is 5.92 Å². The van der Waals surface area contributed by atoms with E-state index in [-0.39, 0.29) is 6.10 Å². The van der Waals surface area contributed by atoms with Crippen LogP contribution in [0.15, 0.2) is 6.33 Å². The minimum Gasteiger partial charge on any atom is -0.393 e. The molecule has 90 valence electrons. The van der Waals surface area contributed by atoms with E-state index in [4.69, 9.17) is 0 Å². The highest BCUT2D eigenvalue weighted by molar-refractivity contribution is 4.91. The van der Waals surface area contributed by atoms with Gasteiger partial charge in [0.2, 0.25) is 0 Å². The standard InChI is InChI=1S/C12H21N3O/c1-8(2)12-13-7-15(14-12)11-6-10(16)5-4-9(11)3/h7-11,16H,4-6H2,1-3H3. The predicted molar refractivity (Wildman–Crippen MR) is 62.2 cm³/mol. The van der Waals surface area contributed by atoms with Crippen molar-refractivity contribution in [3.05, 3.63) is 12.2 Å². The van der Waals surface area contributed by atoms with E-state index in [2.05, 4.69) is 30.9 Å². The first-order valence-corrected chi connectivity index (χ1v) is 6.17. The Labute approximate surface area is 96.7 Å². The zero-order valence-electron chi connectivity index (χ0n) is 10.3. The normalized spacial score (nSPS) is 30.9. The number of nitrogens with zero attached hydrogens (tertiary/aromatic N) is 3. The predicted octanol–water partition coefficient (Wildman–Crippen LogP) is 2.12. The average molecular weight is 223 g/mol. The van der Waals surface area contributed by atoms with Crippen molar-refractivity contribution in [1.29, 1.82) is 0 Å². The first-order chi connectivity index (χ1) is 7.58. The fraction of sp³-hybridized carbons (Fsp3) is 0.833. The smallest absolute Gasteiger partial charge is 0.153 e. The number of hydrogen-bond donors (Lipinski definition) is 1. The molecule has 0 aliphatic heterocycles. The maximum atomic E-state index is 9.71. The third kappa shape index (κ3) is 2.26. The second kappa shape index (κ2) is 4.53. The Balaban J connectivity index is 2.15. The molecule has 16 heavy (non-hydrogen) atoms. The molecule has 0 aromatic carbocycles. The van der Waals surface area contributed by atoms with E-state index in [1.807, 2.05) is 11.0 Å². The number of hydrogen-bond acceptors (Lipinski definition) is 3. The summed E-state index contributed by atoms with van der Waals surface area (Å²) < 4.78 is 1.95. The summed E-state index contributed by atoms with van der Waals surface area (Å²) in [6.07, 6.45) is 4.44. The molecule has 1 aromatic rings. The van der Waals surface area contributed by atoms with Gasteiger partial charge in [-0.25, -0.2) is 9.67 Å². The van der Waals surface area contributed by atoms with Crippen LogP contribution in [-0.4, -0.2) is 26.0 Å². The summed E-state index contributed by atoms with van der Waals surface area (Å²) in [4.78, 5) is 4.32. The molecule has 3 unspecified atom stereocenters. The van der Waals surface area contributed by atoms with Crippen molar-refractivity contribution < 1.29 is 5.11 Å². The first kappa shape index (κ1) is 11.6. The second-order valence-corrected chi connectivity index (χ2v) is 5.25. The molecule has 1 saturated carbocycles. The Morgan fingerprint density at radius 1 is 1.44 bits per heavy atom. The Morgan fingerprint density at radius 2 is 2.19 bits per heavy atom. The van der Waals surface area contributed by atoms with Crippen molar-refractivity contribution in [2.24, 2.45) is 5.92 Å². The molecular weight excluding hydrogens is 202 g/mol. The Hall–Kier alpha value is -0.900. The maximum absolute atomic E-state index is 9.71. The molecule has 3 atom stereocenters. The first-order valence-electron chi connectivity index (χ1n) is 6.17. The third-order valence-electron chi connectivity index (χ3n) is 3.51. The Kier molecular flexibility index (Phi) is 3.28. The highest BCUT2D eigenvalue weighted by Gasteiger charge is 2.28. The summed E-state index contributed by atoms with van der Waals surface area (Å²) in [6, 6.07) is 0.309. The molecule has 1 aromatic heterocycles. The monoisotopic (exact) mass is 223 g/mol. The Bertz CT molecular complexity index is 348. The zero-order valence-corrected chi connectivity index (χ0v) is 10.3. The molecule has 1 heterocycles. The molecule has 0 bridgehead atoms. The quantitative estimate of drug-likeness (QED) is 0.835. The molecule has 1 N–H and O–H groups in total. The van der Waals surface area contributed by atoms with Gasteiger partial charge in [0.25, 0.3) is 0 Å². The van der Waals surface area contributed by atoms with Gasteiger partial charge >= 0.3 is 0 Å². The van der Waals surface area contributed by atoms with E-state index in [0.717, 1.165) is 25.1 Å². The van der Waals surface area contributed by atoms with Gasteiger partial charge < -0.3 is 5.11 Å². The van der Waals surface area contributed by atoms with E-state index >= 15 is 0 Å². The van der Waals surface area contributed by atoms with Crippen molar-refractivity contribution in [2.75, 3.05) is 0 Å². The molecular formula is C12H21N3O. The van der Waals surface area contributed by atoms with Crippen LogP contribution in [0.4, 0.5) is 0 Å². The van der Waals surface area contributed by atoms with Gasteiger partial charge in [0.1, 0.15) is 6.33 Å². The van der Waals surface area contributed by atoms with Gasteiger partial charge in [-0.15, -0.1) is 0 Å². The molecule has 0 saturated heterocycles. The number of aromatic nitrogens is 3. The topological polar surface area (TPSA) is 50.9 Å². The lowest BCUT2D eigenvalue weighted by molar-refractivity contribution is 0.0733. The van der Waals surface area contributed by atoms with Crippen LogP contribution in [0.5, 0.6) is 0 Å². The summed E-state index contributed by atoms with van der Waals surface area (Å²) in [5.74, 6) is 1.84. The fourth-order valence-corrected chi connectivity index (χ4v) is 2.36. The molecule has 0 radical (unpaired) electrons. The highest BCUT2D eigenvalue weighted by Crippen LogP contribution is 2.33. The van der Waals surface area contributed by atoms with Crippen LogP contribution in [-0.2, 0) is 0 Å². The van der Waals surface area contributed by atoms with Crippen LogP contribution in [0.2, 0.25) is 0 Å². The number of aliphatic hydroxyl groups excluding tert-OH is 1. The van der Waals surface area contributed by atoms with E-state index < -0.39 is 0 Å². The lowest BCUT2D eigenvalue weighted by atomic mass is 9.84. The van der Waals surface area contributed by atoms with E-state index in [1.54, 1.807) is 0 Å². The Morgan fingerprint density at radius 3 is 2.81 bits per heavy atom. The summed E-state index contributed by atoms with van der Waals surface area (Å²) in [5, 5.41) is 14.2. The molecule has 4 nitrogen and oxygen atoms in total. The maximum Gasteiger partial charge on any atom is 0.153 e. The molecule has 0 amide bonds. The average Bonchev–Trinajstić information content (AvgIpc) is 2.70. The van der Waals surface area contributed by atoms with Crippen LogP contribution < -0.4 is 0 Å². The van der Waals surface area contributed by atoms with Crippen LogP contribution in [0.1, 0.15) is 57.8 Å². The number of aliphatic hydroxyl groups is 1. The third-order valence-corrected chi connectivity index (χ3v) is 3.51. The molecule has 2 rings (SSSR count). The van der Waals surface area contributed by atoms with Crippen LogP contribution >= 0.6 is 0 Å². The van der Waals surface area contributed by atoms with Crippen molar-refractivity contribution in [3.63, 3.8) is 0 Å². The summed E-state index contributed by atoms with van der Waals surface area (Å²) >= 11 is 0. The van der Waals surface area contributed by atoms with E-state index in [9.17, 15) is 5.11 Å². The van der Waals surface area contributed by atoms with E-state index in [0.29, 0.717) is 17.9 Å². The summed E-state index contributed by atoms with van der Waals surface area (Å²) in [5.41, 5.74) is 0. The highest BCUT2D eigenvalue weighted by atomic mass is 16.3. The largest absolute Gasteiger partial charge is 0.393 e. The van der Waals surface area contributed by atoms with Crippen molar-refractivity contribution in [3.8, 4) is 0 Å². The summed E-state index contributed by atoms with van der Waals surface area (Å²) in [6.45, 7) is 6.42. The van der Waals surface area contributed by atoms with Crippen molar-refractivity contribution >= 4 is 0 Å². The van der Waals surface area contributed by atoms with Gasteiger partial charge in [-0.2, -0.15) is 5.10 Å². The van der Waals surface area contributed by atoms with Gasteiger partial charge in [-0.1, -0.05) is 20.8 Å².